The van der Waals surface area contributed by atoms with E-state index in [1.807, 2.05) is 38.1 Å². The molecular formula is C27H29F3N4O2. The summed E-state index contributed by atoms with van der Waals surface area (Å²) in [5.74, 6) is 0.599. The second-order valence-corrected chi connectivity index (χ2v) is 9.74. The zero-order valence-electron chi connectivity index (χ0n) is 20.7. The van der Waals surface area contributed by atoms with Crippen LogP contribution in [0.1, 0.15) is 56.7 Å². The minimum atomic E-state index is -4.43. The molecule has 4 rings (SSSR count). The topological polar surface area (TPSA) is 61.8 Å². The first-order valence-corrected chi connectivity index (χ1v) is 11.9. The van der Waals surface area contributed by atoms with Crippen LogP contribution in [0, 0.1) is 5.92 Å². The molecule has 0 N–H and O–H groups in total. The van der Waals surface area contributed by atoms with Gasteiger partial charge in [0.05, 0.1) is 17.6 Å². The highest BCUT2D eigenvalue weighted by Crippen LogP contribution is 2.29. The minimum absolute atomic E-state index is 0.137. The second-order valence-electron chi connectivity index (χ2n) is 9.74. The first kappa shape index (κ1) is 25.5. The molecule has 0 unspecified atom stereocenters. The Balaban J connectivity index is 1.86. The molecule has 190 valence electrons. The third kappa shape index (κ3) is 5.01. The molecule has 0 saturated carbocycles. The van der Waals surface area contributed by atoms with Crippen LogP contribution in [0.25, 0.3) is 16.9 Å². The number of aromatic nitrogens is 4. The maximum atomic E-state index is 13.5. The van der Waals surface area contributed by atoms with E-state index in [2.05, 4.69) is 18.8 Å². The lowest BCUT2D eigenvalue weighted by atomic mass is 10.0. The molecule has 0 aliphatic heterocycles. The lowest BCUT2D eigenvalue weighted by molar-refractivity contribution is -0.137. The molecule has 0 amide bonds. The van der Waals surface area contributed by atoms with E-state index < -0.39 is 23.0 Å². The Bertz CT molecular complexity index is 1480. The van der Waals surface area contributed by atoms with Crippen LogP contribution in [0.4, 0.5) is 13.2 Å². The summed E-state index contributed by atoms with van der Waals surface area (Å²) >= 11 is 0. The van der Waals surface area contributed by atoms with Gasteiger partial charge in [0.2, 0.25) is 0 Å². The molecule has 0 spiro atoms. The highest BCUT2D eigenvalue weighted by molar-refractivity contribution is 5.72. The van der Waals surface area contributed by atoms with E-state index >= 15 is 0 Å². The van der Waals surface area contributed by atoms with Crippen molar-refractivity contribution in [3.8, 4) is 5.69 Å². The Kier molecular flexibility index (Phi) is 6.93. The number of hydrogen-bond acceptors (Lipinski definition) is 3. The SMILES string of the molecule is CC(C)CCn1c(=O)c2c(ncn2Cc2ccc(C(F)(F)F)cc2)n(-c2ccc(C(C)C)cc2)c1=O. The van der Waals surface area contributed by atoms with E-state index in [0.29, 0.717) is 23.6 Å². The number of imidazole rings is 1. The van der Waals surface area contributed by atoms with Gasteiger partial charge < -0.3 is 4.57 Å². The van der Waals surface area contributed by atoms with E-state index in [9.17, 15) is 22.8 Å². The second kappa shape index (κ2) is 9.79. The largest absolute Gasteiger partial charge is 0.416 e. The van der Waals surface area contributed by atoms with Gasteiger partial charge in [-0.1, -0.05) is 52.0 Å². The maximum absolute atomic E-state index is 13.5. The van der Waals surface area contributed by atoms with E-state index in [4.69, 9.17) is 0 Å². The molecule has 9 heteroatoms. The predicted molar refractivity (Wildman–Crippen MR) is 134 cm³/mol. The lowest BCUT2D eigenvalue weighted by Crippen LogP contribution is -2.40. The number of alkyl halides is 3. The van der Waals surface area contributed by atoms with Gasteiger partial charge in [-0.3, -0.25) is 9.36 Å². The van der Waals surface area contributed by atoms with Gasteiger partial charge >= 0.3 is 11.9 Å². The molecule has 36 heavy (non-hydrogen) atoms. The van der Waals surface area contributed by atoms with Crippen molar-refractivity contribution in [1.82, 2.24) is 18.7 Å². The van der Waals surface area contributed by atoms with Crippen molar-refractivity contribution in [3.63, 3.8) is 0 Å². The first-order chi connectivity index (χ1) is 17.0. The van der Waals surface area contributed by atoms with Crippen molar-refractivity contribution in [2.45, 2.75) is 59.3 Å². The summed E-state index contributed by atoms with van der Waals surface area (Å²) in [4.78, 5) is 31.4. The lowest BCUT2D eigenvalue weighted by Gasteiger charge is -2.14. The molecular weight excluding hydrogens is 469 g/mol. The average molecular weight is 499 g/mol. The van der Waals surface area contributed by atoms with Crippen LogP contribution in [-0.2, 0) is 19.3 Å². The molecule has 2 aromatic heterocycles. The maximum Gasteiger partial charge on any atom is 0.416 e. The van der Waals surface area contributed by atoms with Crippen LogP contribution in [0.5, 0.6) is 0 Å². The van der Waals surface area contributed by atoms with Crippen LogP contribution in [-0.4, -0.2) is 18.7 Å². The Labute approximate surface area is 206 Å². The standard InChI is InChI=1S/C27H29F3N4O2/c1-17(2)13-14-33-25(35)23-24(34(26(33)36)22-11-7-20(8-12-22)18(3)4)31-16-32(23)15-19-5-9-21(10-6-19)27(28,29)30/h5-12,16-18H,13-15H2,1-4H3. The molecule has 0 aliphatic carbocycles. The minimum Gasteiger partial charge on any atom is -0.320 e. The van der Waals surface area contributed by atoms with Gasteiger partial charge in [0.15, 0.2) is 11.2 Å². The van der Waals surface area contributed by atoms with Gasteiger partial charge in [0.1, 0.15) is 0 Å². The number of fused-ring (bicyclic) bond motifs is 1. The summed E-state index contributed by atoms with van der Waals surface area (Å²) < 4.78 is 43.1. The Morgan fingerprint density at radius 3 is 2.11 bits per heavy atom. The molecule has 0 atom stereocenters. The average Bonchev–Trinajstić information content (AvgIpc) is 3.22. The molecule has 0 aliphatic rings. The van der Waals surface area contributed by atoms with Crippen LogP contribution >= 0.6 is 0 Å². The fourth-order valence-corrected chi connectivity index (χ4v) is 4.12. The third-order valence-electron chi connectivity index (χ3n) is 6.28. The van der Waals surface area contributed by atoms with Gasteiger partial charge in [0, 0.05) is 13.1 Å². The van der Waals surface area contributed by atoms with Gasteiger partial charge in [0.25, 0.3) is 5.56 Å². The van der Waals surface area contributed by atoms with Crippen molar-refractivity contribution in [1.29, 1.82) is 0 Å². The van der Waals surface area contributed by atoms with Crippen molar-refractivity contribution >= 4 is 11.2 Å². The van der Waals surface area contributed by atoms with Gasteiger partial charge in [-0.25, -0.2) is 14.3 Å². The summed E-state index contributed by atoms with van der Waals surface area (Å²) in [5, 5.41) is 0. The fraction of sp³-hybridized carbons (Fsp3) is 0.370. The molecule has 2 aromatic carbocycles. The van der Waals surface area contributed by atoms with Crippen molar-refractivity contribution in [2.75, 3.05) is 0 Å². The first-order valence-electron chi connectivity index (χ1n) is 11.9. The van der Waals surface area contributed by atoms with Crippen molar-refractivity contribution in [3.05, 3.63) is 92.4 Å². The summed E-state index contributed by atoms with van der Waals surface area (Å²) in [6.07, 6.45) is -2.33. The van der Waals surface area contributed by atoms with Crippen molar-refractivity contribution < 1.29 is 13.2 Å². The molecule has 0 radical (unpaired) electrons. The fourth-order valence-electron chi connectivity index (χ4n) is 4.12. The number of benzene rings is 2. The number of rotatable bonds is 7. The van der Waals surface area contributed by atoms with E-state index in [-0.39, 0.29) is 30.2 Å². The Hall–Kier alpha value is -3.62. The summed E-state index contributed by atoms with van der Waals surface area (Å²) in [6.45, 7) is 8.57. The number of hydrogen-bond donors (Lipinski definition) is 0. The molecule has 2 heterocycles. The normalized spacial score (nSPS) is 12.2. The molecule has 6 nitrogen and oxygen atoms in total. The summed E-state index contributed by atoms with van der Waals surface area (Å²) in [6, 6.07) is 12.4. The predicted octanol–water partition coefficient (Wildman–Crippen LogP) is 5.59. The van der Waals surface area contributed by atoms with E-state index in [0.717, 1.165) is 17.7 Å². The van der Waals surface area contributed by atoms with Crippen molar-refractivity contribution in [2.24, 2.45) is 5.92 Å². The number of nitrogens with zero attached hydrogens (tertiary/aromatic N) is 4. The highest BCUT2D eigenvalue weighted by atomic mass is 19.4. The Morgan fingerprint density at radius 1 is 0.917 bits per heavy atom. The zero-order valence-corrected chi connectivity index (χ0v) is 20.7. The molecule has 0 fully saturated rings. The summed E-state index contributed by atoms with van der Waals surface area (Å²) in [5.41, 5.74) is 1.06. The molecule has 4 aromatic rings. The van der Waals surface area contributed by atoms with Gasteiger partial charge in [-0.15, -0.1) is 0 Å². The van der Waals surface area contributed by atoms with Gasteiger partial charge in [-0.2, -0.15) is 13.2 Å². The van der Waals surface area contributed by atoms with Crippen LogP contribution in [0.3, 0.4) is 0 Å². The van der Waals surface area contributed by atoms with E-state index in [1.165, 1.54) is 27.6 Å². The molecule has 0 saturated heterocycles. The van der Waals surface area contributed by atoms with Crippen LogP contribution in [0.15, 0.2) is 64.4 Å². The van der Waals surface area contributed by atoms with Gasteiger partial charge in [-0.05, 0) is 53.6 Å². The smallest absolute Gasteiger partial charge is 0.320 e. The van der Waals surface area contributed by atoms with E-state index in [1.54, 1.807) is 4.57 Å². The quantitative estimate of drug-likeness (QED) is 0.334. The monoisotopic (exact) mass is 498 g/mol. The summed E-state index contributed by atoms with van der Waals surface area (Å²) in [7, 11) is 0. The highest BCUT2D eigenvalue weighted by Gasteiger charge is 2.30. The van der Waals surface area contributed by atoms with Crippen LogP contribution < -0.4 is 11.2 Å². The molecule has 0 bridgehead atoms. The Morgan fingerprint density at radius 2 is 1.56 bits per heavy atom. The zero-order chi connectivity index (χ0) is 26.2. The number of halogens is 3. The third-order valence-corrected chi connectivity index (χ3v) is 6.28. The van der Waals surface area contributed by atoms with Crippen LogP contribution in [0.2, 0.25) is 0 Å².